The van der Waals surface area contributed by atoms with Gasteiger partial charge in [0.25, 0.3) is 0 Å². The summed E-state index contributed by atoms with van der Waals surface area (Å²) in [5.74, 6) is -1.00. The molecule has 0 aliphatic carbocycles. The molecule has 1 unspecified atom stereocenters. The number of nitrogens with zero attached hydrogens (tertiary/aromatic N) is 2. The van der Waals surface area contributed by atoms with Crippen LogP contribution in [0, 0.1) is 0 Å². The van der Waals surface area contributed by atoms with E-state index in [-0.39, 0.29) is 6.42 Å². The largest absolute Gasteiger partial charge is 0.480 e. The van der Waals surface area contributed by atoms with Crippen LogP contribution in [0.3, 0.4) is 0 Å². The summed E-state index contributed by atoms with van der Waals surface area (Å²) < 4.78 is 2.42. The molecule has 0 saturated heterocycles. The number of aliphatic carboxylic acids is 1. The molecule has 1 atom stereocenters. The van der Waals surface area contributed by atoms with Gasteiger partial charge >= 0.3 is 5.97 Å². The zero-order valence-corrected chi connectivity index (χ0v) is 8.65. The van der Waals surface area contributed by atoms with Gasteiger partial charge in [-0.25, -0.2) is 4.98 Å². The minimum atomic E-state index is -1.00. The maximum atomic E-state index is 10.5. The van der Waals surface area contributed by atoms with E-state index in [1.165, 1.54) is 0 Å². The van der Waals surface area contributed by atoms with Crippen molar-refractivity contribution in [1.82, 2.24) is 9.55 Å². The van der Waals surface area contributed by atoms with E-state index in [1.54, 1.807) is 17.8 Å². The standard InChI is InChI=1S/C7H10BrN3O2/c1-11-4(3-10-7(11)8)2-5(9)6(12)13/h3,5H,2,9H2,1H3,(H,12,13). The fourth-order valence-electron chi connectivity index (χ4n) is 0.922. The van der Waals surface area contributed by atoms with E-state index in [1.807, 2.05) is 0 Å². The van der Waals surface area contributed by atoms with Crippen LogP contribution in [0.5, 0.6) is 0 Å². The number of nitrogens with two attached hydrogens (primary N) is 1. The second-order valence-electron chi connectivity index (χ2n) is 2.73. The van der Waals surface area contributed by atoms with Gasteiger partial charge in [-0.1, -0.05) is 0 Å². The van der Waals surface area contributed by atoms with E-state index in [4.69, 9.17) is 10.8 Å². The Morgan fingerprint density at radius 2 is 2.54 bits per heavy atom. The van der Waals surface area contributed by atoms with Crippen molar-refractivity contribution in [2.24, 2.45) is 12.8 Å². The number of hydrogen-bond donors (Lipinski definition) is 2. The first-order chi connectivity index (χ1) is 6.02. The first-order valence-corrected chi connectivity index (χ1v) is 4.46. The van der Waals surface area contributed by atoms with Crippen molar-refractivity contribution in [2.75, 3.05) is 0 Å². The van der Waals surface area contributed by atoms with Gasteiger partial charge < -0.3 is 15.4 Å². The lowest BCUT2D eigenvalue weighted by Gasteiger charge is -2.06. The van der Waals surface area contributed by atoms with Gasteiger partial charge in [0.15, 0.2) is 4.73 Å². The van der Waals surface area contributed by atoms with Gasteiger partial charge in [0, 0.05) is 25.4 Å². The van der Waals surface area contributed by atoms with Crippen LogP contribution in [0.25, 0.3) is 0 Å². The van der Waals surface area contributed by atoms with Crippen LogP contribution < -0.4 is 5.73 Å². The van der Waals surface area contributed by atoms with Gasteiger partial charge in [-0.2, -0.15) is 0 Å². The predicted molar refractivity (Wildman–Crippen MR) is 50.2 cm³/mol. The second-order valence-corrected chi connectivity index (χ2v) is 3.44. The zero-order valence-electron chi connectivity index (χ0n) is 7.07. The number of carboxylic acids is 1. The molecule has 13 heavy (non-hydrogen) atoms. The molecule has 0 amide bonds. The molecule has 0 aliphatic rings. The third-order valence-corrected chi connectivity index (χ3v) is 2.51. The molecular formula is C7H10BrN3O2. The highest BCUT2D eigenvalue weighted by molar-refractivity contribution is 9.10. The highest BCUT2D eigenvalue weighted by Crippen LogP contribution is 2.10. The molecule has 3 N–H and O–H groups in total. The first-order valence-electron chi connectivity index (χ1n) is 3.67. The van der Waals surface area contributed by atoms with Crippen molar-refractivity contribution in [2.45, 2.75) is 12.5 Å². The summed E-state index contributed by atoms with van der Waals surface area (Å²) >= 11 is 3.21. The second kappa shape index (κ2) is 3.89. The molecule has 0 radical (unpaired) electrons. The number of carbonyl (C=O) groups is 1. The number of aromatic nitrogens is 2. The van der Waals surface area contributed by atoms with E-state index < -0.39 is 12.0 Å². The van der Waals surface area contributed by atoms with E-state index in [2.05, 4.69) is 20.9 Å². The Hall–Kier alpha value is -0.880. The van der Waals surface area contributed by atoms with Crippen LogP contribution in [0.2, 0.25) is 0 Å². The summed E-state index contributed by atoms with van der Waals surface area (Å²) in [5, 5.41) is 8.57. The normalized spacial score (nSPS) is 12.8. The summed E-state index contributed by atoms with van der Waals surface area (Å²) in [4.78, 5) is 14.4. The highest BCUT2D eigenvalue weighted by Gasteiger charge is 2.14. The van der Waals surface area contributed by atoms with E-state index in [9.17, 15) is 4.79 Å². The Morgan fingerprint density at radius 1 is 1.92 bits per heavy atom. The van der Waals surface area contributed by atoms with Crippen molar-refractivity contribution in [3.05, 3.63) is 16.6 Å². The quantitative estimate of drug-likeness (QED) is 0.797. The Labute approximate surface area is 83.7 Å². The predicted octanol–water partition coefficient (Wildman–Crippen LogP) is 0.137. The summed E-state index contributed by atoms with van der Waals surface area (Å²) in [5.41, 5.74) is 6.16. The van der Waals surface area contributed by atoms with E-state index >= 15 is 0 Å². The summed E-state index contributed by atoms with van der Waals surface area (Å²) in [6.07, 6.45) is 1.89. The summed E-state index contributed by atoms with van der Waals surface area (Å²) in [6.45, 7) is 0. The van der Waals surface area contributed by atoms with Gasteiger partial charge in [-0.3, -0.25) is 4.79 Å². The minimum Gasteiger partial charge on any atom is -0.480 e. The number of halogens is 1. The van der Waals surface area contributed by atoms with Crippen LogP contribution in [0.1, 0.15) is 5.69 Å². The molecule has 6 heteroatoms. The van der Waals surface area contributed by atoms with Crippen molar-refractivity contribution < 1.29 is 9.90 Å². The van der Waals surface area contributed by atoms with Crippen molar-refractivity contribution in [3.8, 4) is 0 Å². The monoisotopic (exact) mass is 247 g/mol. The molecule has 0 spiro atoms. The molecule has 0 bridgehead atoms. The summed E-state index contributed by atoms with van der Waals surface area (Å²) in [6, 6.07) is -0.873. The van der Waals surface area contributed by atoms with Crippen LogP contribution in [0.15, 0.2) is 10.9 Å². The van der Waals surface area contributed by atoms with Gasteiger partial charge in [0.1, 0.15) is 6.04 Å². The average molecular weight is 248 g/mol. The molecule has 72 valence electrons. The highest BCUT2D eigenvalue weighted by atomic mass is 79.9. The maximum absolute atomic E-state index is 10.5. The van der Waals surface area contributed by atoms with Gasteiger partial charge in [-0.15, -0.1) is 0 Å². The zero-order chi connectivity index (χ0) is 10.0. The number of imidazole rings is 1. The number of carboxylic acid groups (broad SMARTS) is 1. The van der Waals surface area contributed by atoms with E-state index in [0.717, 1.165) is 5.69 Å². The first kappa shape index (κ1) is 10.2. The van der Waals surface area contributed by atoms with Crippen LogP contribution in [-0.2, 0) is 18.3 Å². The van der Waals surface area contributed by atoms with Crippen molar-refractivity contribution >= 4 is 21.9 Å². The minimum absolute atomic E-state index is 0.282. The Morgan fingerprint density at radius 3 is 2.92 bits per heavy atom. The van der Waals surface area contributed by atoms with Crippen LogP contribution >= 0.6 is 15.9 Å². The van der Waals surface area contributed by atoms with Crippen LogP contribution in [-0.4, -0.2) is 26.7 Å². The molecule has 1 aromatic rings. The SMILES string of the molecule is Cn1c(CC(N)C(=O)O)cnc1Br. The molecule has 0 fully saturated rings. The number of rotatable bonds is 3. The Kier molecular flexibility index (Phi) is 3.05. The Bertz CT molecular complexity index is 324. The Balaban J connectivity index is 2.74. The molecule has 1 aromatic heterocycles. The maximum Gasteiger partial charge on any atom is 0.320 e. The topological polar surface area (TPSA) is 81.1 Å². The molecule has 1 rings (SSSR count). The smallest absolute Gasteiger partial charge is 0.320 e. The lowest BCUT2D eigenvalue weighted by atomic mass is 10.2. The lowest BCUT2D eigenvalue weighted by molar-refractivity contribution is -0.138. The summed E-state index contributed by atoms with van der Waals surface area (Å²) in [7, 11) is 1.79. The molecule has 1 heterocycles. The van der Waals surface area contributed by atoms with E-state index in [0.29, 0.717) is 4.73 Å². The third-order valence-electron chi connectivity index (χ3n) is 1.77. The average Bonchev–Trinajstić information content (AvgIpc) is 2.36. The molecule has 0 aliphatic heterocycles. The molecular weight excluding hydrogens is 238 g/mol. The van der Waals surface area contributed by atoms with Crippen LogP contribution in [0.4, 0.5) is 0 Å². The molecule has 0 saturated carbocycles. The fourth-order valence-corrected chi connectivity index (χ4v) is 1.25. The van der Waals surface area contributed by atoms with Gasteiger partial charge in [0.05, 0.1) is 0 Å². The van der Waals surface area contributed by atoms with Crippen molar-refractivity contribution in [3.63, 3.8) is 0 Å². The fraction of sp³-hybridized carbons (Fsp3) is 0.429. The third kappa shape index (κ3) is 2.28. The lowest BCUT2D eigenvalue weighted by Crippen LogP contribution is -2.32. The molecule has 5 nitrogen and oxygen atoms in total. The van der Waals surface area contributed by atoms with Gasteiger partial charge in [-0.05, 0) is 15.9 Å². The van der Waals surface area contributed by atoms with Gasteiger partial charge in [0.2, 0.25) is 0 Å². The van der Waals surface area contributed by atoms with Crippen molar-refractivity contribution in [1.29, 1.82) is 0 Å². The molecule has 0 aromatic carbocycles. The number of hydrogen-bond acceptors (Lipinski definition) is 3.